The van der Waals surface area contributed by atoms with Crippen LogP contribution in [0.4, 0.5) is 5.82 Å². The van der Waals surface area contributed by atoms with E-state index in [0.717, 1.165) is 74.9 Å². The van der Waals surface area contributed by atoms with E-state index in [1.165, 1.54) is 0 Å². The molecule has 5 N–H and O–H groups in total. The SMILES string of the molecule is NC(NC(=O)[C@H]1CCN(c2ncnc3[nH]ccc23)CC12CC2)[C@@H](O)C1CCCC1. The molecule has 2 aromatic heterocycles. The van der Waals surface area contributed by atoms with Gasteiger partial charge in [0.05, 0.1) is 11.5 Å². The van der Waals surface area contributed by atoms with Gasteiger partial charge in [-0.1, -0.05) is 12.8 Å². The van der Waals surface area contributed by atoms with Crippen molar-refractivity contribution in [2.45, 2.75) is 57.2 Å². The summed E-state index contributed by atoms with van der Waals surface area (Å²) in [6, 6.07) is 2.01. The Morgan fingerprint density at radius 2 is 2.10 bits per heavy atom. The maximum atomic E-state index is 13.0. The zero-order valence-electron chi connectivity index (χ0n) is 16.7. The molecule has 1 amide bonds. The number of hydrogen-bond donors (Lipinski definition) is 4. The van der Waals surface area contributed by atoms with Crippen LogP contribution < -0.4 is 16.0 Å². The highest BCUT2D eigenvalue weighted by molar-refractivity contribution is 5.87. The molecule has 1 unspecified atom stereocenters. The Morgan fingerprint density at radius 3 is 2.86 bits per heavy atom. The van der Waals surface area contributed by atoms with Crippen LogP contribution >= 0.6 is 0 Å². The van der Waals surface area contributed by atoms with Crippen LogP contribution in [0.5, 0.6) is 0 Å². The minimum absolute atomic E-state index is 0.00109. The average Bonchev–Trinajstić information content (AvgIpc) is 3.16. The molecule has 2 saturated carbocycles. The van der Waals surface area contributed by atoms with Gasteiger partial charge >= 0.3 is 0 Å². The number of carbonyl (C=O) groups excluding carboxylic acids is 1. The number of aliphatic hydroxyl groups excluding tert-OH is 1. The summed E-state index contributed by atoms with van der Waals surface area (Å²) in [5.41, 5.74) is 7.00. The van der Waals surface area contributed by atoms with E-state index >= 15 is 0 Å². The third-order valence-corrected chi connectivity index (χ3v) is 7.33. The molecule has 29 heavy (non-hydrogen) atoms. The molecule has 8 nitrogen and oxygen atoms in total. The number of hydrogen-bond acceptors (Lipinski definition) is 6. The van der Waals surface area contributed by atoms with Crippen LogP contribution in [0.3, 0.4) is 0 Å². The van der Waals surface area contributed by atoms with E-state index in [1.54, 1.807) is 6.33 Å². The molecule has 0 radical (unpaired) electrons. The molecule has 1 spiro atoms. The number of carbonyl (C=O) groups is 1. The highest BCUT2D eigenvalue weighted by Gasteiger charge is 2.55. The van der Waals surface area contributed by atoms with E-state index in [9.17, 15) is 9.90 Å². The number of aromatic nitrogens is 3. The number of aromatic amines is 1. The Hall–Kier alpha value is -2.19. The van der Waals surface area contributed by atoms with Crippen LogP contribution in [0.2, 0.25) is 0 Å². The molecule has 3 aliphatic rings. The normalized spacial score (nSPS) is 26.0. The maximum Gasteiger partial charge on any atom is 0.225 e. The lowest BCUT2D eigenvalue weighted by Gasteiger charge is -2.39. The second kappa shape index (κ2) is 7.25. The molecule has 1 aliphatic heterocycles. The van der Waals surface area contributed by atoms with Gasteiger partial charge in [0, 0.05) is 25.2 Å². The summed E-state index contributed by atoms with van der Waals surface area (Å²) in [5, 5.41) is 14.5. The first-order valence-electron chi connectivity index (χ1n) is 10.8. The second-order valence-corrected chi connectivity index (χ2v) is 9.13. The number of aliphatic hydroxyl groups is 1. The molecule has 0 bridgehead atoms. The van der Waals surface area contributed by atoms with Gasteiger partial charge in [0.2, 0.25) is 5.91 Å². The standard InChI is InChI=1S/C21H30N6O2/c22-17(16(28)13-3-1-2-4-13)26-20(29)15-6-10-27(11-21(15)7-8-21)19-14-5-9-23-18(14)24-12-25-19/h5,9,12-13,15-17,28H,1-4,6-8,10-11,22H2,(H,26,29)(H,23,24,25)/t15-,16+,17?/m1/s1. The van der Waals surface area contributed by atoms with Gasteiger partial charge in [-0.25, -0.2) is 9.97 Å². The molecule has 0 aromatic carbocycles. The van der Waals surface area contributed by atoms with Crippen molar-refractivity contribution in [3.63, 3.8) is 0 Å². The lowest BCUT2D eigenvalue weighted by molar-refractivity contribution is -0.129. The Balaban J connectivity index is 1.26. The van der Waals surface area contributed by atoms with Gasteiger partial charge < -0.3 is 26.0 Å². The number of nitrogens with zero attached hydrogens (tertiary/aromatic N) is 3. The van der Waals surface area contributed by atoms with E-state index in [4.69, 9.17) is 5.73 Å². The van der Waals surface area contributed by atoms with Gasteiger partial charge in [0.15, 0.2) is 0 Å². The van der Waals surface area contributed by atoms with Crippen molar-refractivity contribution in [3.05, 3.63) is 18.6 Å². The highest BCUT2D eigenvalue weighted by Crippen LogP contribution is 2.56. The number of nitrogens with one attached hydrogen (secondary N) is 2. The Kier molecular flexibility index (Phi) is 4.70. The third-order valence-electron chi connectivity index (χ3n) is 7.33. The summed E-state index contributed by atoms with van der Waals surface area (Å²) in [7, 11) is 0. The fraction of sp³-hybridized carbons (Fsp3) is 0.667. The van der Waals surface area contributed by atoms with Crippen molar-refractivity contribution in [3.8, 4) is 0 Å². The highest BCUT2D eigenvalue weighted by atomic mass is 16.3. The molecule has 8 heteroatoms. The van der Waals surface area contributed by atoms with Crippen molar-refractivity contribution >= 4 is 22.8 Å². The first-order chi connectivity index (χ1) is 14.1. The van der Waals surface area contributed by atoms with Crippen molar-refractivity contribution in [1.29, 1.82) is 0 Å². The fourth-order valence-corrected chi connectivity index (χ4v) is 5.47. The number of H-pyrrole nitrogens is 1. The molecular formula is C21H30N6O2. The molecule has 2 aliphatic carbocycles. The average molecular weight is 399 g/mol. The lowest BCUT2D eigenvalue weighted by Crippen LogP contribution is -2.56. The van der Waals surface area contributed by atoms with E-state index < -0.39 is 12.3 Å². The van der Waals surface area contributed by atoms with Gasteiger partial charge in [-0.05, 0) is 49.5 Å². The van der Waals surface area contributed by atoms with Gasteiger partial charge in [0.1, 0.15) is 24.0 Å². The molecule has 5 rings (SSSR count). The molecule has 156 valence electrons. The third kappa shape index (κ3) is 3.38. The van der Waals surface area contributed by atoms with Crippen LogP contribution in [0.1, 0.15) is 44.9 Å². The van der Waals surface area contributed by atoms with Gasteiger partial charge in [0.25, 0.3) is 0 Å². The minimum atomic E-state index is -0.680. The van der Waals surface area contributed by atoms with E-state index in [-0.39, 0.29) is 23.2 Å². The summed E-state index contributed by atoms with van der Waals surface area (Å²) in [6.45, 7) is 1.60. The molecule has 1 saturated heterocycles. The molecule has 3 heterocycles. The monoisotopic (exact) mass is 398 g/mol. The van der Waals surface area contributed by atoms with E-state index in [1.807, 2.05) is 12.3 Å². The fourth-order valence-electron chi connectivity index (χ4n) is 5.47. The van der Waals surface area contributed by atoms with Crippen LogP contribution in [-0.2, 0) is 4.79 Å². The number of amides is 1. The quantitative estimate of drug-likeness (QED) is 0.567. The Morgan fingerprint density at radius 1 is 1.31 bits per heavy atom. The van der Waals surface area contributed by atoms with Crippen LogP contribution in [0, 0.1) is 17.3 Å². The largest absolute Gasteiger partial charge is 0.389 e. The van der Waals surface area contributed by atoms with Crippen molar-refractivity contribution in [1.82, 2.24) is 20.3 Å². The number of rotatable bonds is 5. The smallest absolute Gasteiger partial charge is 0.225 e. The van der Waals surface area contributed by atoms with Crippen molar-refractivity contribution in [2.24, 2.45) is 23.0 Å². The predicted octanol–water partition coefficient (Wildman–Crippen LogP) is 1.52. The second-order valence-electron chi connectivity index (χ2n) is 9.13. The first-order valence-corrected chi connectivity index (χ1v) is 10.8. The van der Waals surface area contributed by atoms with Crippen molar-refractivity contribution in [2.75, 3.05) is 18.0 Å². The summed E-state index contributed by atoms with van der Waals surface area (Å²) in [6.07, 6.45) is 9.28. The van der Waals surface area contributed by atoms with Gasteiger partial charge in [-0.15, -0.1) is 0 Å². The summed E-state index contributed by atoms with van der Waals surface area (Å²) < 4.78 is 0. The van der Waals surface area contributed by atoms with Crippen LogP contribution in [0.15, 0.2) is 18.6 Å². The van der Waals surface area contributed by atoms with E-state index in [0.29, 0.717) is 0 Å². The number of piperidine rings is 1. The zero-order chi connectivity index (χ0) is 20.0. The zero-order valence-corrected chi connectivity index (χ0v) is 16.7. The predicted molar refractivity (Wildman–Crippen MR) is 110 cm³/mol. The molecular weight excluding hydrogens is 368 g/mol. The van der Waals surface area contributed by atoms with Gasteiger partial charge in [-0.2, -0.15) is 0 Å². The van der Waals surface area contributed by atoms with Gasteiger partial charge in [-0.3, -0.25) is 4.79 Å². The van der Waals surface area contributed by atoms with Crippen LogP contribution in [-0.4, -0.2) is 51.3 Å². The number of nitrogens with two attached hydrogens (primary N) is 1. The van der Waals surface area contributed by atoms with Crippen LogP contribution in [0.25, 0.3) is 11.0 Å². The number of fused-ring (bicyclic) bond motifs is 1. The maximum absolute atomic E-state index is 13.0. The summed E-state index contributed by atoms with van der Waals surface area (Å²) in [5.74, 6) is 1.10. The topological polar surface area (TPSA) is 120 Å². The number of anilines is 1. The first kappa shape index (κ1) is 18.8. The minimum Gasteiger partial charge on any atom is -0.389 e. The molecule has 3 fully saturated rings. The van der Waals surface area contributed by atoms with Crippen molar-refractivity contribution < 1.29 is 9.90 Å². The lowest BCUT2D eigenvalue weighted by atomic mass is 9.81. The summed E-state index contributed by atoms with van der Waals surface area (Å²) >= 11 is 0. The molecule has 3 atom stereocenters. The Labute approximate surface area is 170 Å². The summed E-state index contributed by atoms with van der Waals surface area (Å²) in [4.78, 5) is 27.3. The molecule has 2 aromatic rings. The van der Waals surface area contributed by atoms with E-state index in [2.05, 4.69) is 25.2 Å². The Bertz CT molecular complexity index is 888.